The van der Waals surface area contributed by atoms with Gasteiger partial charge in [-0.3, -0.25) is 14.4 Å². The van der Waals surface area contributed by atoms with Crippen LogP contribution in [-0.4, -0.2) is 63.1 Å². The van der Waals surface area contributed by atoms with Crippen molar-refractivity contribution in [3.8, 4) is 5.75 Å². The van der Waals surface area contributed by atoms with Crippen molar-refractivity contribution in [1.82, 2.24) is 20.9 Å². The molecule has 1 aromatic heterocycles. The Kier molecular flexibility index (Phi) is 9.67. The summed E-state index contributed by atoms with van der Waals surface area (Å²) in [4.78, 5) is 54.0. The Labute approximate surface area is 226 Å². The zero-order valence-electron chi connectivity index (χ0n) is 22.1. The molecule has 4 unspecified atom stereocenters. The number of H-pyrrole nitrogens is 1. The summed E-state index contributed by atoms with van der Waals surface area (Å²) < 4.78 is 0. The number of aromatic nitrogens is 1. The quantitative estimate of drug-likeness (QED) is 0.181. The molecular weight excluding hydrogens is 502 g/mol. The summed E-state index contributed by atoms with van der Waals surface area (Å²) in [5.74, 6) is -3.35. The maximum absolute atomic E-state index is 13.4. The fraction of sp³-hybridized carbons (Fsp3) is 0.357. The van der Waals surface area contributed by atoms with Crippen molar-refractivity contribution in [3.05, 3.63) is 65.9 Å². The van der Waals surface area contributed by atoms with Crippen LogP contribution >= 0.6 is 0 Å². The maximum Gasteiger partial charge on any atom is 0.326 e. The molecule has 0 spiro atoms. The number of aromatic hydroxyl groups is 1. The highest BCUT2D eigenvalue weighted by molar-refractivity contribution is 5.94. The number of fused-ring (bicyclic) bond motifs is 1. The number of aliphatic carboxylic acids is 1. The van der Waals surface area contributed by atoms with Crippen LogP contribution in [-0.2, 0) is 32.0 Å². The Balaban J connectivity index is 1.83. The third-order valence-corrected chi connectivity index (χ3v) is 6.38. The summed E-state index contributed by atoms with van der Waals surface area (Å²) in [5.41, 5.74) is 7.82. The molecular formula is C28H35N5O6. The molecule has 1 heterocycles. The van der Waals surface area contributed by atoms with Gasteiger partial charge in [0, 0.05) is 29.9 Å². The van der Waals surface area contributed by atoms with Gasteiger partial charge in [-0.15, -0.1) is 0 Å². The average Bonchev–Trinajstić information content (AvgIpc) is 3.29. The highest BCUT2D eigenvalue weighted by atomic mass is 16.4. The molecule has 2 aromatic carbocycles. The molecule has 3 aromatic rings. The molecule has 0 radical (unpaired) electrons. The number of aromatic amines is 1. The molecule has 0 saturated heterocycles. The van der Waals surface area contributed by atoms with E-state index in [1.807, 2.05) is 24.3 Å². The summed E-state index contributed by atoms with van der Waals surface area (Å²) in [6, 6.07) is 9.27. The van der Waals surface area contributed by atoms with Gasteiger partial charge in [0.05, 0.1) is 6.04 Å². The van der Waals surface area contributed by atoms with E-state index in [9.17, 15) is 29.4 Å². The predicted molar refractivity (Wildman–Crippen MR) is 146 cm³/mol. The van der Waals surface area contributed by atoms with Gasteiger partial charge in [-0.2, -0.15) is 0 Å². The lowest BCUT2D eigenvalue weighted by atomic mass is 10.00. The standard InChI is InChI=1S/C28H35N5O6/c1-15(2)24(33-25(35)16(3)29)27(37)31-22(12-17-8-10-19(34)11-9-17)26(36)32-23(28(38)39)13-18-14-30-21-7-5-4-6-20(18)21/h4-11,14-16,22-24,30,34H,12-13,29H2,1-3H3,(H,31,37)(H,32,36)(H,33,35)(H,38,39). The summed E-state index contributed by atoms with van der Waals surface area (Å²) in [6.45, 7) is 4.97. The number of carbonyl (C=O) groups excluding carboxylic acids is 3. The van der Waals surface area contributed by atoms with Crippen LogP contribution in [0.5, 0.6) is 5.75 Å². The second-order valence-electron chi connectivity index (χ2n) is 9.91. The number of hydrogen-bond donors (Lipinski definition) is 7. The van der Waals surface area contributed by atoms with E-state index in [0.717, 1.165) is 16.5 Å². The number of carboxylic acids is 1. The Hall–Kier alpha value is -4.38. The lowest BCUT2D eigenvalue weighted by molar-refractivity contribution is -0.142. The van der Waals surface area contributed by atoms with Crippen LogP contribution in [0.3, 0.4) is 0 Å². The van der Waals surface area contributed by atoms with Gasteiger partial charge in [-0.1, -0.05) is 44.2 Å². The number of phenols is 1. The summed E-state index contributed by atoms with van der Waals surface area (Å²) >= 11 is 0. The molecule has 0 aliphatic rings. The van der Waals surface area contributed by atoms with Gasteiger partial charge in [0.25, 0.3) is 0 Å². The largest absolute Gasteiger partial charge is 0.508 e. The molecule has 208 valence electrons. The molecule has 0 bridgehead atoms. The number of phenolic OH excluding ortho intramolecular Hbond substituents is 1. The van der Waals surface area contributed by atoms with Gasteiger partial charge < -0.3 is 36.9 Å². The Bertz CT molecular complexity index is 1320. The number of carbonyl (C=O) groups is 4. The number of hydrogen-bond acceptors (Lipinski definition) is 6. The highest BCUT2D eigenvalue weighted by Crippen LogP contribution is 2.19. The van der Waals surface area contributed by atoms with Crippen molar-refractivity contribution in [2.24, 2.45) is 11.7 Å². The molecule has 8 N–H and O–H groups in total. The van der Waals surface area contributed by atoms with E-state index in [1.54, 1.807) is 32.2 Å². The zero-order valence-corrected chi connectivity index (χ0v) is 22.1. The van der Waals surface area contributed by atoms with Crippen LogP contribution in [0.25, 0.3) is 10.9 Å². The topological polar surface area (TPSA) is 187 Å². The smallest absolute Gasteiger partial charge is 0.326 e. The molecule has 0 aliphatic carbocycles. The van der Waals surface area contributed by atoms with E-state index >= 15 is 0 Å². The first-order valence-electron chi connectivity index (χ1n) is 12.7. The van der Waals surface area contributed by atoms with E-state index in [1.165, 1.54) is 19.1 Å². The van der Waals surface area contributed by atoms with E-state index in [2.05, 4.69) is 20.9 Å². The summed E-state index contributed by atoms with van der Waals surface area (Å²) in [7, 11) is 0. The average molecular weight is 538 g/mol. The first-order valence-corrected chi connectivity index (χ1v) is 12.7. The third kappa shape index (κ3) is 7.81. The van der Waals surface area contributed by atoms with Crippen LogP contribution < -0.4 is 21.7 Å². The fourth-order valence-electron chi connectivity index (χ4n) is 4.15. The monoisotopic (exact) mass is 537 g/mol. The first kappa shape index (κ1) is 29.2. The highest BCUT2D eigenvalue weighted by Gasteiger charge is 2.31. The minimum Gasteiger partial charge on any atom is -0.508 e. The Morgan fingerprint density at radius 3 is 2.10 bits per heavy atom. The number of para-hydroxylation sites is 1. The number of nitrogens with two attached hydrogens (primary N) is 1. The van der Waals surface area contributed by atoms with E-state index in [-0.39, 0.29) is 24.5 Å². The Morgan fingerprint density at radius 1 is 0.846 bits per heavy atom. The van der Waals surface area contributed by atoms with Gasteiger partial charge in [-0.25, -0.2) is 4.79 Å². The van der Waals surface area contributed by atoms with Crippen LogP contribution in [0, 0.1) is 5.92 Å². The third-order valence-electron chi connectivity index (χ3n) is 6.38. The van der Waals surface area contributed by atoms with Crippen molar-refractivity contribution in [3.63, 3.8) is 0 Å². The number of amides is 3. The van der Waals surface area contributed by atoms with Crippen molar-refractivity contribution < 1.29 is 29.4 Å². The van der Waals surface area contributed by atoms with Gasteiger partial charge in [0.2, 0.25) is 17.7 Å². The molecule has 0 saturated carbocycles. The van der Waals surface area contributed by atoms with Crippen molar-refractivity contribution in [2.75, 3.05) is 0 Å². The SMILES string of the molecule is CC(N)C(=O)NC(C(=O)NC(Cc1ccc(O)cc1)C(=O)NC(Cc1c[nH]c2ccccc12)C(=O)O)C(C)C. The first-order chi connectivity index (χ1) is 18.5. The van der Waals surface area contributed by atoms with Crippen LogP contribution in [0.15, 0.2) is 54.7 Å². The molecule has 3 rings (SSSR count). The van der Waals surface area contributed by atoms with Crippen molar-refractivity contribution in [1.29, 1.82) is 0 Å². The predicted octanol–water partition coefficient (Wildman–Crippen LogP) is 1.20. The minimum absolute atomic E-state index is 0.0172. The normalized spacial score (nSPS) is 14.3. The van der Waals surface area contributed by atoms with E-state index in [4.69, 9.17) is 5.73 Å². The molecule has 11 heteroatoms. The summed E-state index contributed by atoms with van der Waals surface area (Å²) in [5, 5.41) is 28.2. The maximum atomic E-state index is 13.4. The fourth-order valence-corrected chi connectivity index (χ4v) is 4.15. The number of nitrogens with one attached hydrogen (secondary N) is 4. The second kappa shape index (κ2) is 12.9. The van der Waals surface area contributed by atoms with Crippen LogP contribution in [0.2, 0.25) is 0 Å². The molecule has 3 amide bonds. The number of benzene rings is 2. The molecule has 4 atom stereocenters. The number of rotatable bonds is 12. The summed E-state index contributed by atoms with van der Waals surface area (Å²) in [6.07, 6.45) is 1.74. The lowest BCUT2D eigenvalue weighted by Crippen LogP contribution is -2.58. The van der Waals surface area contributed by atoms with E-state index < -0.39 is 47.9 Å². The van der Waals surface area contributed by atoms with Crippen LogP contribution in [0.1, 0.15) is 31.9 Å². The van der Waals surface area contributed by atoms with Gasteiger partial charge in [0.15, 0.2) is 0 Å². The van der Waals surface area contributed by atoms with Crippen molar-refractivity contribution >= 4 is 34.6 Å². The number of carboxylic acid groups (broad SMARTS) is 1. The van der Waals surface area contributed by atoms with Gasteiger partial charge in [0.1, 0.15) is 23.9 Å². The molecule has 11 nitrogen and oxygen atoms in total. The van der Waals surface area contributed by atoms with Crippen LogP contribution in [0.4, 0.5) is 0 Å². The van der Waals surface area contributed by atoms with Crippen molar-refractivity contribution in [2.45, 2.75) is 57.8 Å². The Morgan fingerprint density at radius 2 is 1.49 bits per heavy atom. The van der Waals surface area contributed by atoms with Gasteiger partial charge in [-0.05, 0) is 42.2 Å². The molecule has 39 heavy (non-hydrogen) atoms. The second-order valence-corrected chi connectivity index (χ2v) is 9.91. The molecule has 0 fully saturated rings. The zero-order chi connectivity index (χ0) is 28.7. The lowest BCUT2D eigenvalue weighted by Gasteiger charge is -2.26. The minimum atomic E-state index is -1.27. The van der Waals surface area contributed by atoms with Gasteiger partial charge >= 0.3 is 5.97 Å². The molecule has 0 aliphatic heterocycles. The van der Waals surface area contributed by atoms with E-state index in [0.29, 0.717) is 5.56 Å².